The number of carbonyl (C=O) groups is 1. The molecule has 0 aromatic carbocycles. The fourth-order valence-electron chi connectivity index (χ4n) is 2.76. The lowest BCUT2D eigenvalue weighted by molar-refractivity contribution is -0.151. The second-order valence-corrected chi connectivity index (χ2v) is 5.70. The SMILES string of the molecule is CCCCCCN1CCC(C(=O)O)(C(C)C)C1. The fourth-order valence-corrected chi connectivity index (χ4v) is 2.76. The summed E-state index contributed by atoms with van der Waals surface area (Å²) in [6.07, 6.45) is 5.84. The van der Waals surface area contributed by atoms with Gasteiger partial charge in [0.05, 0.1) is 5.41 Å². The summed E-state index contributed by atoms with van der Waals surface area (Å²) in [5.74, 6) is -0.385. The summed E-state index contributed by atoms with van der Waals surface area (Å²) in [6.45, 7) is 9.05. The first-order chi connectivity index (χ1) is 8.03. The molecule has 1 fully saturated rings. The second kappa shape index (κ2) is 6.39. The van der Waals surface area contributed by atoms with E-state index in [1.807, 2.05) is 13.8 Å². The highest BCUT2D eigenvalue weighted by atomic mass is 16.4. The van der Waals surface area contributed by atoms with Crippen LogP contribution in [0, 0.1) is 11.3 Å². The summed E-state index contributed by atoms with van der Waals surface area (Å²) in [5, 5.41) is 9.43. The van der Waals surface area contributed by atoms with Gasteiger partial charge < -0.3 is 10.0 Å². The van der Waals surface area contributed by atoms with Gasteiger partial charge in [-0.1, -0.05) is 40.0 Å². The van der Waals surface area contributed by atoms with Gasteiger partial charge in [0, 0.05) is 6.54 Å². The summed E-state index contributed by atoms with van der Waals surface area (Å²) in [5.41, 5.74) is -0.495. The molecule has 1 saturated heterocycles. The summed E-state index contributed by atoms with van der Waals surface area (Å²) in [7, 11) is 0. The molecule has 0 aromatic rings. The summed E-state index contributed by atoms with van der Waals surface area (Å²) in [4.78, 5) is 13.8. The van der Waals surface area contributed by atoms with E-state index in [1.165, 1.54) is 25.7 Å². The third kappa shape index (κ3) is 3.44. The lowest BCUT2D eigenvalue weighted by Gasteiger charge is -2.28. The molecule has 1 rings (SSSR count). The molecule has 100 valence electrons. The average Bonchev–Trinajstić information content (AvgIpc) is 2.70. The standard InChI is InChI=1S/C14H27NO2/c1-4-5-6-7-9-15-10-8-14(11-15,12(2)3)13(16)17/h12H,4-11H2,1-3H3,(H,16,17). The van der Waals surface area contributed by atoms with Crippen molar-refractivity contribution in [3.05, 3.63) is 0 Å². The lowest BCUT2D eigenvalue weighted by Crippen LogP contribution is -2.39. The molecule has 0 radical (unpaired) electrons. The number of hydrogen-bond acceptors (Lipinski definition) is 2. The molecule has 1 aliphatic heterocycles. The number of unbranched alkanes of at least 4 members (excludes halogenated alkanes) is 3. The minimum atomic E-state index is -0.608. The number of hydrogen-bond donors (Lipinski definition) is 1. The van der Waals surface area contributed by atoms with E-state index in [2.05, 4.69) is 11.8 Å². The highest BCUT2D eigenvalue weighted by Crippen LogP contribution is 2.38. The Kier molecular flexibility index (Phi) is 5.44. The highest BCUT2D eigenvalue weighted by molar-refractivity contribution is 5.75. The van der Waals surface area contributed by atoms with E-state index < -0.39 is 11.4 Å². The number of nitrogens with zero attached hydrogens (tertiary/aromatic N) is 1. The molecule has 0 aromatic heterocycles. The molecule has 3 nitrogen and oxygen atoms in total. The van der Waals surface area contributed by atoms with Gasteiger partial charge in [-0.2, -0.15) is 0 Å². The maximum absolute atomic E-state index is 11.5. The Labute approximate surface area is 105 Å². The first kappa shape index (κ1) is 14.5. The Morgan fingerprint density at radius 2 is 2.06 bits per heavy atom. The van der Waals surface area contributed by atoms with Crippen LogP contribution in [0.2, 0.25) is 0 Å². The maximum Gasteiger partial charge on any atom is 0.311 e. The van der Waals surface area contributed by atoms with E-state index >= 15 is 0 Å². The van der Waals surface area contributed by atoms with E-state index in [9.17, 15) is 9.90 Å². The van der Waals surface area contributed by atoms with Crippen molar-refractivity contribution in [3.63, 3.8) is 0 Å². The minimum absolute atomic E-state index is 0.223. The van der Waals surface area contributed by atoms with Crippen LogP contribution in [0.5, 0.6) is 0 Å². The molecule has 0 bridgehead atoms. The van der Waals surface area contributed by atoms with Gasteiger partial charge >= 0.3 is 5.97 Å². The maximum atomic E-state index is 11.5. The number of aliphatic carboxylic acids is 1. The molecule has 1 N–H and O–H groups in total. The number of carboxylic acid groups (broad SMARTS) is 1. The van der Waals surface area contributed by atoms with Crippen LogP contribution in [0.4, 0.5) is 0 Å². The molecule has 17 heavy (non-hydrogen) atoms. The van der Waals surface area contributed by atoms with Gasteiger partial charge in [-0.3, -0.25) is 4.79 Å². The van der Waals surface area contributed by atoms with Crippen LogP contribution in [0.15, 0.2) is 0 Å². The zero-order valence-electron chi connectivity index (χ0n) is 11.5. The minimum Gasteiger partial charge on any atom is -0.481 e. The van der Waals surface area contributed by atoms with Crippen molar-refractivity contribution in [2.75, 3.05) is 19.6 Å². The molecule has 1 heterocycles. The van der Waals surface area contributed by atoms with Gasteiger partial charge in [0.15, 0.2) is 0 Å². The monoisotopic (exact) mass is 241 g/mol. The van der Waals surface area contributed by atoms with Gasteiger partial charge in [-0.25, -0.2) is 0 Å². The molecule has 0 amide bonds. The van der Waals surface area contributed by atoms with Crippen molar-refractivity contribution in [2.24, 2.45) is 11.3 Å². The van der Waals surface area contributed by atoms with Crippen molar-refractivity contribution in [1.29, 1.82) is 0 Å². The van der Waals surface area contributed by atoms with Crippen LogP contribution in [0.3, 0.4) is 0 Å². The zero-order valence-corrected chi connectivity index (χ0v) is 11.5. The third-order valence-corrected chi connectivity index (χ3v) is 4.24. The Balaban J connectivity index is 2.41. The van der Waals surface area contributed by atoms with Crippen molar-refractivity contribution in [3.8, 4) is 0 Å². The molecular weight excluding hydrogens is 214 g/mol. The first-order valence-corrected chi connectivity index (χ1v) is 6.98. The molecule has 0 saturated carbocycles. The molecule has 1 atom stereocenters. The quantitative estimate of drug-likeness (QED) is 0.697. The van der Waals surface area contributed by atoms with Gasteiger partial charge in [-0.05, 0) is 31.8 Å². The van der Waals surface area contributed by atoms with Crippen LogP contribution >= 0.6 is 0 Å². The normalized spacial score (nSPS) is 25.6. The van der Waals surface area contributed by atoms with Gasteiger partial charge in [0.1, 0.15) is 0 Å². The van der Waals surface area contributed by atoms with Crippen LogP contribution in [-0.2, 0) is 4.79 Å². The zero-order chi connectivity index (χ0) is 12.9. The van der Waals surface area contributed by atoms with E-state index in [0.29, 0.717) is 0 Å². The van der Waals surface area contributed by atoms with E-state index in [1.54, 1.807) is 0 Å². The van der Waals surface area contributed by atoms with Gasteiger partial charge in [0.2, 0.25) is 0 Å². The van der Waals surface area contributed by atoms with Gasteiger partial charge in [-0.15, -0.1) is 0 Å². The summed E-state index contributed by atoms with van der Waals surface area (Å²) >= 11 is 0. The van der Waals surface area contributed by atoms with E-state index in [0.717, 1.165) is 26.1 Å². The molecule has 1 aliphatic rings. The first-order valence-electron chi connectivity index (χ1n) is 6.98. The molecule has 0 aliphatic carbocycles. The van der Waals surface area contributed by atoms with Crippen molar-refractivity contribution in [2.45, 2.75) is 52.9 Å². The van der Waals surface area contributed by atoms with E-state index in [4.69, 9.17) is 0 Å². The predicted molar refractivity (Wildman–Crippen MR) is 70.1 cm³/mol. The van der Waals surface area contributed by atoms with Crippen LogP contribution in [0.1, 0.15) is 52.9 Å². The topological polar surface area (TPSA) is 40.5 Å². The molecule has 3 heteroatoms. The summed E-state index contributed by atoms with van der Waals surface area (Å²) in [6, 6.07) is 0. The predicted octanol–water partition coefficient (Wildman–Crippen LogP) is 3.00. The average molecular weight is 241 g/mol. The van der Waals surface area contributed by atoms with Crippen LogP contribution < -0.4 is 0 Å². The summed E-state index contributed by atoms with van der Waals surface area (Å²) < 4.78 is 0. The lowest BCUT2D eigenvalue weighted by atomic mass is 9.76. The highest BCUT2D eigenvalue weighted by Gasteiger charge is 2.46. The van der Waals surface area contributed by atoms with Crippen LogP contribution in [-0.4, -0.2) is 35.6 Å². The number of rotatable bonds is 7. The number of carboxylic acids is 1. The van der Waals surface area contributed by atoms with E-state index in [-0.39, 0.29) is 5.92 Å². The fraction of sp³-hybridized carbons (Fsp3) is 0.929. The molecular formula is C14H27NO2. The Morgan fingerprint density at radius 1 is 1.35 bits per heavy atom. The largest absolute Gasteiger partial charge is 0.481 e. The molecule has 0 spiro atoms. The Morgan fingerprint density at radius 3 is 2.53 bits per heavy atom. The Hall–Kier alpha value is -0.570. The van der Waals surface area contributed by atoms with Gasteiger partial charge in [0.25, 0.3) is 0 Å². The second-order valence-electron chi connectivity index (χ2n) is 5.70. The van der Waals surface area contributed by atoms with Crippen molar-refractivity contribution >= 4 is 5.97 Å². The Bertz CT molecular complexity index is 253. The smallest absolute Gasteiger partial charge is 0.311 e. The molecule has 1 unspecified atom stereocenters. The van der Waals surface area contributed by atoms with Crippen LogP contribution in [0.25, 0.3) is 0 Å². The van der Waals surface area contributed by atoms with Crippen molar-refractivity contribution < 1.29 is 9.90 Å². The number of likely N-dealkylation sites (tertiary alicyclic amines) is 1. The third-order valence-electron chi connectivity index (χ3n) is 4.24. The van der Waals surface area contributed by atoms with Crippen molar-refractivity contribution in [1.82, 2.24) is 4.90 Å².